The van der Waals surface area contributed by atoms with E-state index < -0.39 is 0 Å². The second kappa shape index (κ2) is 6.63. The van der Waals surface area contributed by atoms with E-state index in [2.05, 4.69) is 6.07 Å². The van der Waals surface area contributed by atoms with Gasteiger partial charge in [0.05, 0.1) is 18.2 Å². The smallest absolute Gasteiger partial charge is 0.0992 e. The predicted molar refractivity (Wildman–Crippen MR) is 78.1 cm³/mol. The predicted octanol–water partition coefficient (Wildman–Crippen LogP) is 4.00. The minimum absolute atomic E-state index is 0.0619. The van der Waals surface area contributed by atoms with E-state index >= 15 is 0 Å². The van der Waals surface area contributed by atoms with Gasteiger partial charge in [-0.15, -0.1) is 11.8 Å². The summed E-state index contributed by atoms with van der Waals surface area (Å²) in [6.07, 6.45) is 0. The molecule has 2 rings (SSSR count). The molecule has 0 spiro atoms. The average molecular weight is 290 g/mol. The van der Waals surface area contributed by atoms with Crippen LogP contribution in [0.1, 0.15) is 16.7 Å². The van der Waals surface area contributed by atoms with Crippen LogP contribution in [0.3, 0.4) is 0 Å². The molecule has 0 saturated heterocycles. The molecule has 0 heterocycles. The minimum Gasteiger partial charge on any atom is -0.392 e. The molecule has 1 N–H and O–H groups in total. The van der Waals surface area contributed by atoms with E-state index in [9.17, 15) is 0 Å². The van der Waals surface area contributed by atoms with Crippen LogP contribution in [0.15, 0.2) is 47.4 Å². The van der Waals surface area contributed by atoms with Gasteiger partial charge in [0.1, 0.15) is 0 Å². The second-order valence-electron chi connectivity index (χ2n) is 4.01. The average Bonchev–Trinajstić information content (AvgIpc) is 2.46. The van der Waals surface area contributed by atoms with Crippen LogP contribution in [-0.4, -0.2) is 5.11 Å². The highest BCUT2D eigenvalue weighted by Crippen LogP contribution is 2.27. The Morgan fingerprint density at radius 1 is 1.16 bits per heavy atom. The van der Waals surface area contributed by atoms with E-state index in [1.54, 1.807) is 23.9 Å². The Balaban J connectivity index is 2.04. The van der Waals surface area contributed by atoms with Crippen molar-refractivity contribution in [2.45, 2.75) is 17.3 Å². The lowest BCUT2D eigenvalue weighted by atomic mass is 10.2. The Hall–Kier alpha value is -1.47. The maximum Gasteiger partial charge on any atom is 0.0992 e. The van der Waals surface area contributed by atoms with Crippen molar-refractivity contribution in [2.75, 3.05) is 0 Å². The Bertz CT molecular complexity index is 605. The van der Waals surface area contributed by atoms with Gasteiger partial charge in [-0.2, -0.15) is 5.26 Å². The zero-order valence-electron chi connectivity index (χ0n) is 10.1. The second-order valence-corrected chi connectivity index (χ2v) is 5.46. The number of nitrogens with zero attached hydrogens (tertiary/aromatic N) is 1. The van der Waals surface area contributed by atoms with Crippen molar-refractivity contribution in [3.8, 4) is 6.07 Å². The van der Waals surface area contributed by atoms with Gasteiger partial charge >= 0.3 is 0 Å². The third kappa shape index (κ3) is 3.74. The Morgan fingerprint density at radius 3 is 2.47 bits per heavy atom. The summed E-state index contributed by atoms with van der Waals surface area (Å²) in [5, 5.41) is 18.4. The van der Waals surface area contributed by atoms with Crippen molar-refractivity contribution >= 4 is 23.4 Å². The molecular formula is C15H12ClNOS. The summed E-state index contributed by atoms with van der Waals surface area (Å²) in [4.78, 5) is 1.12. The first-order chi connectivity index (χ1) is 9.22. The number of hydrogen-bond donors (Lipinski definition) is 1. The van der Waals surface area contributed by atoms with Crippen LogP contribution < -0.4 is 0 Å². The van der Waals surface area contributed by atoms with Crippen LogP contribution >= 0.6 is 23.4 Å². The van der Waals surface area contributed by atoms with E-state index in [-0.39, 0.29) is 6.61 Å². The summed E-state index contributed by atoms with van der Waals surface area (Å²) >= 11 is 7.80. The standard InChI is InChI=1S/C15H12ClNOS/c16-15-7-12(8-17)1-4-13(15)10-19-14-5-2-11(9-18)3-6-14/h1-7,18H,9-10H2. The number of rotatable bonds is 4. The van der Waals surface area contributed by atoms with Gasteiger partial charge < -0.3 is 5.11 Å². The molecule has 0 amide bonds. The van der Waals surface area contributed by atoms with Crippen LogP contribution in [0, 0.1) is 11.3 Å². The molecule has 0 unspecified atom stereocenters. The lowest BCUT2D eigenvalue weighted by molar-refractivity contribution is 0.282. The summed E-state index contributed by atoms with van der Waals surface area (Å²) in [6, 6.07) is 15.2. The van der Waals surface area contributed by atoms with Crippen molar-refractivity contribution < 1.29 is 5.11 Å². The van der Waals surface area contributed by atoms with Gasteiger partial charge in [0, 0.05) is 15.7 Å². The first-order valence-electron chi connectivity index (χ1n) is 5.74. The largest absolute Gasteiger partial charge is 0.392 e. The number of aliphatic hydroxyl groups is 1. The van der Waals surface area contributed by atoms with Gasteiger partial charge in [0.2, 0.25) is 0 Å². The topological polar surface area (TPSA) is 44.0 Å². The highest BCUT2D eigenvalue weighted by Gasteiger charge is 2.03. The number of hydrogen-bond acceptors (Lipinski definition) is 3. The third-order valence-corrected chi connectivity index (χ3v) is 4.10. The highest BCUT2D eigenvalue weighted by molar-refractivity contribution is 7.98. The maximum atomic E-state index is 8.97. The molecule has 0 aliphatic carbocycles. The number of thioether (sulfide) groups is 1. The molecule has 2 aromatic carbocycles. The molecule has 0 radical (unpaired) electrons. The number of benzene rings is 2. The lowest BCUT2D eigenvalue weighted by Gasteiger charge is -2.05. The lowest BCUT2D eigenvalue weighted by Crippen LogP contribution is -1.85. The number of halogens is 1. The first-order valence-corrected chi connectivity index (χ1v) is 7.10. The van der Waals surface area contributed by atoms with Crippen LogP contribution in [-0.2, 0) is 12.4 Å². The van der Waals surface area contributed by atoms with Crippen LogP contribution in [0.25, 0.3) is 0 Å². The summed E-state index contributed by atoms with van der Waals surface area (Å²) < 4.78 is 0. The van der Waals surface area contributed by atoms with Gasteiger partial charge in [-0.1, -0.05) is 29.8 Å². The molecule has 96 valence electrons. The van der Waals surface area contributed by atoms with Gasteiger partial charge in [0.15, 0.2) is 0 Å². The van der Waals surface area contributed by atoms with Gasteiger partial charge in [-0.05, 0) is 35.4 Å². The van der Waals surface area contributed by atoms with Crippen molar-refractivity contribution in [3.63, 3.8) is 0 Å². The van der Waals surface area contributed by atoms with Crippen molar-refractivity contribution in [1.82, 2.24) is 0 Å². The molecule has 19 heavy (non-hydrogen) atoms. The summed E-state index contributed by atoms with van der Waals surface area (Å²) in [7, 11) is 0. The van der Waals surface area contributed by atoms with Crippen LogP contribution in [0.5, 0.6) is 0 Å². The minimum atomic E-state index is 0.0619. The third-order valence-electron chi connectivity index (χ3n) is 2.68. The zero-order chi connectivity index (χ0) is 13.7. The summed E-state index contributed by atoms with van der Waals surface area (Å²) in [5.74, 6) is 0.753. The fourth-order valence-electron chi connectivity index (χ4n) is 1.59. The first kappa shape index (κ1) is 14.0. The zero-order valence-corrected chi connectivity index (χ0v) is 11.7. The Kier molecular flexibility index (Phi) is 4.86. The summed E-state index contributed by atoms with van der Waals surface area (Å²) in [5.41, 5.74) is 2.49. The van der Waals surface area contributed by atoms with Gasteiger partial charge in [-0.25, -0.2) is 0 Å². The summed E-state index contributed by atoms with van der Waals surface area (Å²) in [6.45, 7) is 0.0619. The van der Waals surface area contributed by atoms with E-state index in [1.165, 1.54) is 0 Å². The van der Waals surface area contributed by atoms with Crippen molar-refractivity contribution in [1.29, 1.82) is 5.26 Å². The SMILES string of the molecule is N#Cc1ccc(CSc2ccc(CO)cc2)c(Cl)c1. The molecule has 0 bridgehead atoms. The Morgan fingerprint density at radius 2 is 1.89 bits per heavy atom. The van der Waals surface area contributed by atoms with Crippen molar-refractivity contribution in [2.24, 2.45) is 0 Å². The van der Waals surface area contributed by atoms with Crippen molar-refractivity contribution in [3.05, 3.63) is 64.2 Å². The molecule has 0 aliphatic rings. The fraction of sp³-hybridized carbons (Fsp3) is 0.133. The molecule has 4 heteroatoms. The molecule has 0 atom stereocenters. The molecule has 0 aromatic heterocycles. The van der Waals surface area contributed by atoms with Crippen LogP contribution in [0.4, 0.5) is 0 Å². The van der Waals surface area contributed by atoms with E-state index in [1.807, 2.05) is 30.3 Å². The van der Waals surface area contributed by atoms with Crippen LogP contribution in [0.2, 0.25) is 5.02 Å². The normalized spacial score (nSPS) is 10.2. The molecular weight excluding hydrogens is 278 g/mol. The van der Waals surface area contributed by atoms with E-state index in [4.69, 9.17) is 22.0 Å². The monoisotopic (exact) mass is 289 g/mol. The number of aliphatic hydroxyl groups excluding tert-OH is 1. The van der Waals surface area contributed by atoms with E-state index in [0.29, 0.717) is 10.6 Å². The van der Waals surface area contributed by atoms with Gasteiger partial charge in [0.25, 0.3) is 0 Å². The molecule has 2 aromatic rings. The molecule has 0 fully saturated rings. The molecule has 2 nitrogen and oxygen atoms in total. The van der Waals surface area contributed by atoms with Gasteiger partial charge in [-0.3, -0.25) is 0 Å². The molecule has 0 saturated carbocycles. The van der Waals surface area contributed by atoms with E-state index in [0.717, 1.165) is 21.8 Å². The highest BCUT2D eigenvalue weighted by atomic mass is 35.5. The quantitative estimate of drug-likeness (QED) is 0.865. The maximum absolute atomic E-state index is 8.97. The number of nitriles is 1. The Labute approximate surface area is 121 Å². The molecule has 0 aliphatic heterocycles. The fourth-order valence-corrected chi connectivity index (χ4v) is 2.82.